The van der Waals surface area contributed by atoms with E-state index in [1.165, 1.54) is 18.2 Å². The van der Waals surface area contributed by atoms with Crippen molar-refractivity contribution in [3.05, 3.63) is 30.1 Å². The van der Waals surface area contributed by atoms with Crippen LogP contribution >= 0.6 is 0 Å². The molecule has 0 aromatic heterocycles. The van der Waals surface area contributed by atoms with Crippen LogP contribution in [0.15, 0.2) is 24.3 Å². The Morgan fingerprint density at radius 3 is 2.45 bits per heavy atom. The van der Waals surface area contributed by atoms with Gasteiger partial charge in [-0.15, -0.1) is 0 Å². The van der Waals surface area contributed by atoms with Crippen molar-refractivity contribution in [2.24, 2.45) is 0 Å². The van der Waals surface area contributed by atoms with Crippen molar-refractivity contribution < 1.29 is 17.6 Å². The van der Waals surface area contributed by atoms with E-state index in [0.717, 1.165) is 29.7 Å². The zero-order valence-electron chi connectivity index (χ0n) is 12.7. The molecule has 22 heavy (non-hydrogen) atoms. The Morgan fingerprint density at radius 1 is 1.27 bits per heavy atom. The lowest BCUT2D eigenvalue weighted by molar-refractivity contribution is -0.131. The van der Waals surface area contributed by atoms with Crippen molar-refractivity contribution in [3.63, 3.8) is 0 Å². The van der Waals surface area contributed by atoms with Gasteiger partial charge in [-0.05, 0) is 25.2 Å². The lowest BCUT2D eigenvalue weighted by Crippen LogP contribution is -2.50. The maximum atomic E-state index is 13.3. The van der Waals surface area contributed by atoms with Gasteiger partial charge in [0.05, 0.1) is 11.9 Å². The summed E-state index contributed by atoms with van der Waals surface area (Å²) in [4.78, 5) is 16.1. The van der Waals surface area contributed by atoms with Crippen LogP contribution in [0.3, 0.4) is 0 Å². The van der Waals surface area contributed by atoms with Gasteiger partial charge in [0, 0.05) is 26.2 Å². The van der Waals surface area contributed by atoms with E-state index < -0.39 is 15.8 Å². The average Bonchev–Trinajstić information content (AvgIpc) is 2.44. The predicted octanol–water partition coefficient (Wildman–Crippen LogP) is 0.366. The first-order valence-electron chi connectivity index (χ1n) is 6.97. The van der Waals surface area contributed by atoms with Crippen LogP contribution in [0.5, 0.6) is 0 Å². The van der Waals surface area contributed by atoms with Gasteiger partial charge in [0.1, 0.15) is 12.4 Å². The minimum absolute atomic E-state index is 0.157. The topological polar surface area (TPSA) is 60.9 Å². The van der Waals surface area contributed by atoms with Crippen molar-refractivity contribution in [1.29, 1.82) is 0 Å². The molecule has 2 rings (SSSR count). The van der Waals surface area contributed by atoms with Crippen molar-refractivity contribution in [3.8, 4) is 0 Å². The third kappa shape index (κ3) is 4.17. The third-order valence-electron chi connectivity index (χ3n) is 3.63. The van der Waals surface area contributed by atoms with Gasteiger partial charge in [-0.25, -0.2) is 12.8 Å². The van der Waals surface area contributed by atoms with Gasteiger partial charge < -0.3 is 9.80 Å². The van der Waals surface area contributed by atoms with E-state index in [4.69, 9.17) is 0 Å². The van der Waals surface area contributed by atoms with Crippen LogP contribution in [-0.2, 0) is 14.8 Å². The normalized spacial score (nSPS) is 16.6. The summed E-state index contributed by atoms with van der Waals surface area (Å²) in [6, 6.07) is 5.23. The molecule has 6 nitrogen and oxygen atoms in total. The van der Waals surface area contributed by atoms with Gasteiger partial charge in [0.2, 0.25) is 15.9 Å². The highest BCUT2D eigenvalue weighted by Crippen LogP contribution is 2.19. The van der Waals surface area contributed by atoms with Gasteiger partial charge in [0.25, 0.3) is 0 Å². The fourth-order valence-electron chi connectivity index (χ4n) is 2.31. The number of piperazine rings is 1. The Labute approximate surface area is 130 Å². The van der Waals surface area contributed by atoms with E-state index in [1.54, 1.807) is 4.90 Å². The van der Waals surface area contributed by atoms with Crippen molar-refractivity contribution >= 4 is 21.6 Å². The lowest BCUT2D eigenvalue weighted by atomic mass is 10.3. The first-order valence-corrected chi connectivity index (χ1v) is 8.82. The van der Waals surface area contributed by atoms with Crippen LogP contribution in [0.1, 0.15) is 0 Å². The minimum atomic E-state index is -3.67. The molecule has 0 bridgehead atoms. The zero-order chi connectivity index (χ0) is 16.3. The van der Waals surface area contributed by atoms with Crippen molar-refractivity contribution in [2.45, 2.75) is 0 Å². The average molecular weight is 329 g/mol. The predicted molar refractivity (Wildman–Crippen MR) is 82.7 cm³/mol. The standard InChI is InChI=1S/C14H20FN3O3S/c1-16-6-8-17(9-7-16)14(19)11-18(22(2,20)21)13-5-3-4-12(15)10-13/h3-5,10H,6-9,11H2,1-2H3. The molecule has 122 valence electrons. The van der Waals surface area contributed by atoms with E-state index in [9.17, 15) is 17.6 Å². The highest BCUT2D eigenvalue weighted by molar-refractivity contribution is 7.92. The number of carbonyl (C=O) groups is 1. The number of sulfonamides is 1. The molecule has 0 atom stereocenters. The largest absolute Gasteiger partial charge is 0.339 e. The van der Waals surface area contributed by atoms with Crippen LogP contribution in [0.4, 0.5) is 10.1 Å². The van der Waals surface area contributed by atoms with E-state index in [2.05, 4.69) is 4.90 Å². The summed E-state index contributed by atoms with van der Waals surface area (Å²) in [5, 5.41) is 0. The maximum Gasteiger partial charge on any atom is 0.243 e. The quantitative estimate of drug-likeness (QED) is 0.801. The van der Waals surface area contributed by atoms with Crippen LogP contribution in [0.2, 0.25) is 0 Å². The smallest absolute Gasteiger partial charge is 0.243 e. The van der Waals surface area contributed by atoms with E-state index in [-0.39, 0.29) is 18.1 Å². The van der Waals surface area contributed by atoms with Crippen molar-refractivity contribution in [2.75, 3.05) is 50.3 Å². The molecule has 1 aromatic carbocycles. The van der Waals surface area contributed by atoms with Gasteiger partial charge in [-0.2, -0.15) is 0 Å². The number of benzene rings is 1. The summed E-state index contributed by atoms with van der Waals surface area (Å²) in [5.41, 5.74) is 0.157. The summed E-state index contributed by atoms with van der Waals surface area (Å²) in [5.74, 6) is -0.819. The Kier molecular flexibility index (Phi) is 5.02. The summed E-state index contributed by atoms with van der Waals surface area (Å²) in [7, 11) is -1.70. The highest BCUT2D eigenvalue weighted by Gasteiger charge is 2.25. The van der Waals surface area contributed by atoms with E-state index in [1.807, 2.05) is 7.05 Å². The van der Waals surface area contributed by atoms with Crippen LogP contribution in [-0.4, -0.2) is 70.2 Å². The second-order valence-electron chi connectivity index (χ2n) is 5.43. The second kappa shape index (κ2) is 6.62. The SMILES string of the molecule is CN1CCN(C(=O)CN(c2cccc(F)c2)S(C)(=O)=O)CC1. The molecule has 1 aliphatic heterocycles. The number of halogens is 1. The molecule has 1 aromatic rings. The lowest BCUT2D eigenvalue weighted by Gasteiger charge is -2.34. The summed E-state index contributed by atoms with van der Waals surface area (Å²) in [6.45, 7) is 2.33. The Bertz CT molecular complexity index is 642. The molecule has 0 saturated carbocycles. The number of hydrogen-bond donors (Lipinski definition) is 0. The number of anilines is 1. The minimum Gasteiger partial charge on any atom is -0.339 e. The van der Waals surface area contributed by atoms with Crippen molar-refractivity contribution in [1.82, 2.24) is 9.80 Å². The van der Waals surface area contributed by atoms with Crippen LogP contribution < -0.4 is 4.31 Å². The molecule has 1 aliphatic rings. The number of likely N-dealkylation sites (N-methyl/N-ethyl adjacent to an activating group) is 1. The molecular weight excluding hydrogens is 309 g/mol. The molecular formula is C14H20FN3O3S. The van der Waals surface area contributed by atoms with Gasteiger partial charge in [-0.3, -0.25) is 9.10 Å². The summed E-state index contributed by atoms with van der Waals surface area (Å²) < 4.78 is 38.1. The van der Waals surface area contributed by atoms with E-state index >= 15 is 0 Å². The van der Waals surface area contributed by atoms with Crippen LogP contribution in [0, 0.1) is 5.82 Å². The summed E-state index contributed by atoms with van der Waals surface area (Å²) in [6.07, 6.45) is 1.01. The number of carbonyl (C=O) groups excluding carboxylic acids is 1. The molecule has 0 unspecified atom stereocenters. The number of nitrogens with zero attached hydrogens (tertiary/aromatic N) is 3. The monoisotopic (exact) mass is 329 g/mol. The third-order valence-corrected chi connectivity index (χ3v) is 4.77. The van der Waals surface area contributed by atoms with Crippen LogP contribution in [0.25, 0.3) is 0 Å². The maximum absolute atomic E-state index is 13.3. The molecule has 1 fully saturated rings. The molecule has 1 heterocycles. The molecule has 1 saturated heterocycles. The van der Waals surface area contributed by atoms with Gasteiger partial charge in [-0.1, -0.05) is 6.07 Å². The second-order valence-corrected chi connectivity index (χ2v) is 7.34. The Morgan fingerprint density at radius 2 is 1.91 bits per heavy atom. The molecule has 0 radical (unpaired) electrons. The molecule has 0 N–H and O–H groups in total. The molecule has 0 aliphatic carbocycles. The first kappa shape index (κ1) is 16.7. The first-order chi connectivity index (χ1) is 10.3. The van der Waals surface area contributed by atoms with Gasteiger partial charge >= 0.3 is 0 Å². The van der Waals surface area contributed by atoms with Gasteiger partial charge in [0.15, 0.2) is 0 Å². The fraction of sp³-hybridized carbons (Fsp3) is 0.500. The number of hydrogen-bond acceptors (Lipinski definition) is 4. The molecule has 8 heteroatoms. The summed E-state index contributed by atoms with van der Waals surface area (Å²) >= 11 is 0. The Hall–Kier alpha value is -1.67. The highest BCUT2D eigenvalue weighted by atomic mass is 32.2. The molecule has 0 spiro atoms. The fourth-order valence-corrected chi connectivity index (χ4v) is 3.15. The number of rotatable bonds is 4. The molecule has 1 amide bonds. The number of amides is 1. The van der Waals surface area contributed by atoms with E-state index in [0.29, 0.717) is 13.1 Å². The Balaban J connectivity index is 2.16. The zero-order valence-corrected chi connectivity index (χ0v) is 13.5.